The molecular formula is C16H21BrN2OS. The number of nitrogens with zero attached hydrogens (tertiary/aromatic N) is 1. The lowest BCUT2D eigenvalue weighted by molar-refractivity contribution is 0.404. The molecule has 114 valence electrons. The maximum absolute atomic E-state index is 5.54. The maximum Gasteiger partial charge on any atom is 0.125 e. The summed E-state index contributed by atoms with van der Waals surface area (Å²) < 4.78 is 6.71. The molecule has 2 rings (SSSR count). The number of thiophene rings is 1. The van der Waals surface area contributed by atoms with Crippen molar-refractivity contribution in [2.24, 2.45) is 0 Å². The van der Waals surface area contributed by atoms with E-state index in [-0.39, 0.29) is 6.04 Å². The van der Waals surface area contributed by atoms with Crippen molar-refractivity contribution in [3.63, 3.8) is 0 Å². The lowest BCUT2D eigenvalue weighted by atomic mass is 10.0. The number of halogens is 1. The van der Waals surface area contributed by atoms with Crippen molar-refractivity contribution < 1.29 is 4.74 Å². The second kappa shape index (κ2) is 7.29. The first-order chi connectivity index (χ1) is 10.1. The lowest BCUT2D eigenvalue weighted by Crippen LogP contribution is -2.22. The fraction of sp³-hybridized carbons (Fsp3) is 0.375. The molecule has 5 heteroatoms. The molecule has 0 aliphatic heterocycles. The third-order valence-corrected chi connectivity index (χ3v) is 5.14. The van der Waals surface area contributed by atoms with Crippen LogP contribution in [-0.2, 0) is 6.54 Å². The Morgan fingerprint density at radius 3 is 2.76 bits per heavy atom. The number of ether oxygens (including phenoxy) is 1. The van der Waals surface area contributed by atoms with Crippen molar-refractivity contribution in [1.82, 2.24) is 5.32 Å². The zero-order valence-electron chi connectivity index (χ0n) is 12.8. The summed E-state index contributed by atoms with van der Waals surface area (Å²) in [6.07, 6.45) is 0. The number of benzene rings is 1. The van der Waals surface area contributed by atoms with Crippen molar-refractivity contribution in [1.29, 1.82) is 0 Å². The molecular weight excluding hydrogens is 348 g/mol. The minimum absolute atomic E-state index is 0.229. The number of rotatable bonds is 6. The van der Waals surface area contributed by atoms with Gasteiger partial charge in [-0.05, 0) is 59.0 Å². The predicted octanol–water partition coefficient (Wildman–Crippen LogP) is 4.44. The van der Waals surface area contributed by atoms with Gasteiger partial charge in [0.25, 0.3) is 0 Å². The molecule has 2 aromatic rings. The second-order valence-electron chi connectivity index (χ2n) is 5.02. The molecule has 3 nitrogen and oxygen atoms in total. The topological polar surface area (TPSA) is 24.5 Å². The summed E-state index contributed by atoms with van der Waals surface area (Å²) in [5, 5.41) is 5.49. The van der Waals surface area contributed by atoms with Gasteiger partial charge in [0.2, 0.25) is 0 Å². The Morgan fingerprint density at radius 1 is 1.43 bits per heavy atom. The van der Waals surface area contributed by atoms with Crippen LogP contribution in [0.3, 0.4) is 0 Å². The molecule has 1 unspecified atom stereocenters. The molecule has 0 amide bonds. The summed E-state index contributed by atoms with van der Waals surface area (Å²) in [5.74, 6) is 0.924. The van der Waals surface area contributed by atoms with E-state index < -0.39 is 0 Å². The van der Waals surface area contributed by atoms with E-state index in [0.717, 1.165) is 12.3 Å². The minimum atomic E-state index is 0.229. The molecule has 1 aromatic carbocycles. The first-order valence-corrected chi connectivity index (χ1v) is 8.52. The maximum atomic E-state index is 5.54. The van der Waals surface area contributed by atoms with Crippen LogP contribution in [0, 0.1) is 0 Å². The van der Waals surface area contributed by atoms with Gasteiger partial charge in [0.15, 0.2) is 0 Å². The zero-order chi connectivity index (χ0) is 15.4. The highest BCUT2D eigenvalue weighted by molar-refractivity contribution is 9.11. The van der Waals surface area contributed by atoms with Gasteiger partial charge < -0.3 is 15.0 Å². The first-order valence-electron chi connectivity index (χ1n) is 6.85. The molecule has 0 saturated heterocycles. The summed E-state index contributed by atoms with van der Waals surface area (Å²) in [6.45, 7) is 3.02. The van der Waals surface area contributed by atoms with E-state index in [1.807, 2.05) is 19.2 Å². The molecule has 1 aromatic heterocycles. The smallest absolute Gasteiger partial charge is 0.125 e. The van der Waals surface area contributed by atoms with Crippen LogP contribution < -0.4 is 15.0 Å². The van der Waals surface area contributed by atoms with Crippen molar-refractivity contribution in [2.45, 2.75) is 19.5 Å². The third-order valence-electron chi connectivity index (χ3n) is 3.58. The number of hydrogen-bond donors (Lipinski definition) is 1. The molecule has 0 fully saturated rings. The van der Waals surface area contributed by atoms with Crippen LogP contribution in [0.5, 0.6) is 5.75 Å². The molecule has 21 heavy (non-hydrogen) atoms. The summed E-state index contributed by atoms with van der Waals surface area (Å²) in [6, 6.07) is 8.60. The Kier molecular flexibility index (Phi) is 5.67. The average Bonchev–Trinajstić information content (AvgIpc) is 2.90. The predicted molar refractivity (Wildman–Crippen MR) is 94.6 cm³/mol. The first kappa shape index (κ1) is 16.3. The molecule has 0 bridgehead atoms. The number of methoxy groups -OCH3 is 1. The van der Waals surface area contributed by atoms with Gasteiger partial charge in [-0.1, -0.05) is 6.07 Å². The lowest BCUT2D eigenvalue weighted by Gasteiger charge is -2.26. The van der Waals surface area contributed by atoms with E-state index >= 15 is 0 Å². The highest BCUT2D eigenvalue weighted by atomic mass is 79.9. The highest BCUT2D eigenvalue weighted by Crippen LogP contribution is 2.35. The number of hydrogen-bond acceptors (Lipinski definition) is 4. The Morgan fingerprint density at radius 2 is 2.19 bits per heavy atom. The Labute approximate surface area is 139 Å². The van der Waals surface area contributed by atoms with Crippen LogP contribution in [0.4, 0.5) is 5.69 Å². The van der Waals surface area contributed by atoms with E-state index in [1.54, 1.807) is 18.4 Å². The minimum Gasteiger partial charge on any atom is -0.496 e. The second-order valence-corrected chi connectivity index (χ2v) is 7.31. The van der Waals surface area contributed by atoms with Gasteiger partial charge in [-0.3, -0.25) is 0 Å². The van der Waals surface area contributed by atoms with Crippen molar-refractivity contribution in [3.8, 4) is 5.75 Å². The van der Waals surface area contributed by atoms with Crippen LogP contribution in [0.25, 0.3) is 0 Å². The van der Waals surface area contributed by atoms with Crippen LogP contribution in [0.1, 0.15) is 24.1 Å². The molecule has 1 atom stereocenters. The fourth-order valence-corrected chi connectivity index (χ4v) is 3.61. The van der Waals surface area contributed by atoms with E-state index in [1.165, 1.54) is 20.6 Å². The monoisotopic (exact) mass is 368 g/mol. The SMILES string of the molecule is CNC(C)c1c(OC)cccc1N(C)Cc1csc(Br)c1. The highest BCUT2D eigenvalue weighted by Gasteiger charge is 2.17. The summed E-state index contributed by atoms with van der Waals surface area (Å²) >= 11 is 5.24. The fourth-order valence-electron chi connectivity index (χ4n) is 2.41. The van der Waals surface area contributed by atoms with E-state index in [4.69, 9.17) is 4.74 Å². The van der Waals surface area contributed by atoms with Crippen LogP contribution in [0.15, 0.2) is 33.4 Å². The molecule has 0 aliphatic carbocycles. The van der Waals surface area contributed by atoms with Crippen LogP contribution >= 0.6 is 27.3 Å². The normalized spacial score (nSPS) is 12.2. The van der Waals surface area contributed by atoms with Crippen molar-refractivity contribution in [3.05, 3.63) is 44.6 Å². The van der Waals surface area contributed by atoms with E-state index in [0.29, 0.717) is 0 Å². The van der Waals surface area contributed by atoms with Crippen LogP contribution in [-0.4, -0.2) is 21.2 Å². The Bertz CT molecular complexity index is 600. The van der Waals surface area contributed by atoms with E-state index in [9.17, 15) is 0 Å². The van der Waals surface area contributed by atoms with Gasteiger partial charge in [0, 0.05) is 30.9 Å². The summed E-state index contributed by atoms with van der Waals surface area (Å²) in [7, 11) is 5.81. The number of anilines is 1. The quantitative estimate of drug-likeness (QED) is 0.815. The standard InChI is InChI=1S/C16H21BrN2OS/c1-11(18-2)16-13(6-5-7-14(16)20-4)19(3)9-12-8-15(17)21-10-12/h5-8,10-11,18H,9H2,1-4H3. The number of nitrogens with one attached hydrogen (secondary N) is 1. The van der Waals surface area contributed by atoms with E-state index in [2.05, 4.69) is 57.6 Å². The molecule has 0 saturated carbocycles. The third kappa shape index (κ3) is 3.78. The molecule has 0 radical (unpaired) electrons. The average molecular weight is 369 g/mol. The van der Waals surface area contributed by atoms with Gasteiger partial charge in [0.1, 0.15) is 5.75 Å². The Hall–Kier alpha value is -1.04. The van der Waals surface area contributed by atoms with Gasteiger partial charge in [-0.25, -0.2) is 0 Å². The summed E-state index contributed by atoms with van der Waals surface area (Å²) in [4.78, 5) is 2.26. The summed E-state index contributed by atoms with van der Waals surface area (Å²) in [5.41, 5.74) is 3.69. The zero-order valence-corrected chi connectivity index (χ0v) is 15.2. The van der Waals surface area contributed by atoms with Gasteiger partial charge in [0.05, 0.1) is 10.9 Å². The molecule has 0 spiro atoms. The Balaban J connectivity index is 2.33. The van der Waals surface area contributed by atoms with Gasteiger partial charge in [-0.15, -0.1) is 11.3 Å². The van der Waals surface area contributed by atoms with Gasteiger partial charge >= 0.3 is 0 Å². The molecule has 0 aliphatic rings. The van der Waals surface area contributed by atoms with Crippen molar-refractivity contribution in [2.75, 3.05) is 26.1 Å². The molecule has 1 N–H and O–H groups in total. The molecule has 1 heterocycles. The van der Waals surface area contributed by atoms with Crippen molar-refractivity contribution >= 4 is 33.0 Å². The largest absolute Gasteiger partial charge is 0.496 e. The van der Waals surface area contributed by atoms with Crippen LogP contribution in [0.2, 0.25) is 0 Å². The van der Waals surface area contributed by atoms with Gasteiger partial charge in [-0.2, -0.15) is 0 Å².